The lowest BCUT2D eigenvalue weighted by atomic mass is 10.3. The number of pyridine rings is 1. The maximum absolute atomic E-state index is 11.1. The third-order valence-electron chi connectivity index (χ3n) is 2.27. The van der Waals surface area contributed by atoms with Crippen molar-refractivity contribution >= 4 is 11.1 Å². The van der Waals surface area contributed by atoms with E-state index in [2.05, 4.69) is 9.97 Å². The molecule has 0 atom stereocenters. The first-order valence-electron chi connectivity index (χ1n) is 5.04. The van der Waals surface area contributed by atoms with Crippen molar-refractivity contribution in [3.8, 4) is 11.6 Å². The number of H-pyrrole nitrogens is 1. The van der Waals surface area contributed by atoms with Crippen LogP contribution >= 0.6 is 0 Å². The Bertz CT molecular complexity index is 700. The van der Waals surface area contributed by atoms with Gasteiger partial charge < -0.3 is 9.15 Å². The molecule has 3 aromatic rings. The van der Waals surface area contributed by atoms with Crippen molar-refractivity contribution in [1.82, 2.24) is 9.97 Å². The van der Waals surface area contributed by atoms with E-state index in [1.54, 1.807) is 36.5 Å². The van der Waals surface area contributed by atoms with Crippen molar-refractivity contribution in [2.75, 3.05) is 0 Å². The van der Waals surface area contributed by atoms with Gasteiger partial charge in [-0.05, 0) is 18.2 Å². The van der Waals surface area contributed by atoms with E-state index in [4.69, 9.17) is 9.15 Å². The molecular formula is C12H8N2O3. The van der Waals surface area contributed by atoms with Crippen LogP contribution in [0.5, 0.6) is 11.6 Å². The summed E-state index contributed by atoms with van der Waals surface area (Å²) in [5, 5.41) is 0. The molecule has 0 aliphatic rings. The van der Waals surface area contributed by atoms with E-state index >= 15 is 0 Å². The molecule has 5 nitrogen and oxygen atoms in total. The Morgan fingerprint density at radius 2 is 2.12 bits per heavy atom. The Morgan fingerprint density at radius 1 is 1.18 bits per heavy atom. The van der Waals surface area contributed by atoms with Crippen LogP contribution in [-0.4, -0.2) is 9.97 Å². The van der Waals surface area contributed by atoms with Gasteiger partial charge in [-0.15, -0.1) is 0 Å². The van der Waals surface area contributed by atoms with Gasteiger partial charge in [0, 0.05) is 12.3 Å². The van der Waals surface area contributed by atoms with Crippen LogP contribution in [0.4, 0.5) is 0 Å². The molecule has 2 heterocycles. The lowest BCUT2D eigenvalue weighted by molar-refractivity contribution is 0.467. The standard InChI is InChI=1S/C12H8N2O3/c15-12-14-11-8(4-3-5-9(11)17-12)16-10-6-1-2-7-13-10/h1-7H,(H,14,15). The van der Waals surface area contributed by atoms with E-state index in [1.165, 1.54) is 0 Å². The largest absolute Gasteiger partial charge is 0.437 e. The van der Waals surface area contributed by atoms with Crippen molar-refractivity contribution < 1.29 is 9.15 Å². The second-order valence-corrected chi connectivity index (χ2v) is 3.41. The van der Waals surface area contributed by atoms with E-state index in [-0.39, 0.29) is 0 Å². The van der Waals surface area contributed by atoms with E-state index in [0.29, 0.717) is 22.7 Å². The molecule has 5 heteroatoms. The molecule has 0 fully saturated rings. The summed E-state index contributed by atoms with van der Waals surface area (Å²) in [6.07, 6.45) is 1.63. The zero-order valence-electron chi connectivity index (χ0n) is 8.71. The van der Waals surface area contributed by atoms with Crippen LogP contribution in [0.1, 0.15) is 0 Å². The Balaban J connectivity index is 2.09. The number of nitrogens with one attached hydrogen (secondary N) is 1. The van der Waals surface area contributed by atoms with Gasteiger partial charge in [0.15, 0.2) is 11.3 Å². The molecule has 1 aromatic carbocycles. The summed E-state index contributed by atoms with van der Waals surface area (Å²) in [6, 6.07) is 10.5. The molecule has 1 N–H and O–H groups in total. The van der Waals surface area contributed by atoms with E-state index in [0.717, 1.165) is 0 Å². The number of benzene rings is 1. The zero-order chi connectivity index (χ0) is 11.7. The van der Waals surface area contributed by atoms with Gasteiger partial charge in [-0.3, -0.25) is 4.98 Å². The number of nitrogens with zero attached hydrogens (tertiary/aromatic N) is 1. The maximum Gasteiger partial charge on any atom is 0.417 e. The van der Waals surface area contributed by atoms with Crippen molar-refractivity contribution in [2.45, 2.75) is 0 Å². The van der Waals surface area contributed by atoms with Gasteiger partial charge in [0.05, 0.1) is 0 Å². The third kappa shape index (κ3) is 1.78. The van der Waals surface area contributed by atoms with Crippen LogP contribution in [0.2, 0.25) is 0 Å². The molecule has 84 valence electrons. The van der Waals surface area contributed by atoms with Gasteiger partial charge in [0.1, 0.15) is 5.52 Å². The predicted octanol–water partition coefficient (Wildman–Crippen LogP) is 2.31. The van der Waals surface area contributed by atoms with Crippen molar-refractivity contribution in [1.29, 1.82) is 0 Å². The number of aromatic nitrogens is 2. The first kappa shape index (κ1) is 9.65. The Kier molecular flexibility index (Phi) is 2.15. The fourth-order valence-electron chi connectivity index (χ4n) is 1.55. The molecule has 3 rings (SSSR count). The number of aromatic amines is 1. The van der Waals surface area contributed by atoms with Gasteiger partial charge in [0.2, 0.25) is 5.88 Å². The van der Waals surface area contributed by atoms with Gasteiger partial charge in [-0.25, -0.2) is 9.78 Å². The average Bonchev–Trinajstić information content (AvgIpc) is 2.72. The van der Waals surface area contributed by atoms with Gasteiger partial charge >= 0.3 is 5.76 Å². The summed E-state index contributed by atoms with van der Waals surface area (Å²) < 4.78 is 10.5. The molecule has 0 unspecified atom stereocenters. The van der Waals surface area contributed by atoms with Gasteiger partial charge in [-0.1, -0.05) is 12.1 Å². The van der Waals surface area contributed by atoms with Crippen LogP contribution in [0, 0.1) is 0 Å². The molecule has 0 aliphatic heterocycles. The zero-order valence-corrected chi connectivity index (χ0v) is 8.71. The summed E-state index contributed by atoms with van der Waals surface area (Å²) in [4.78, 5) is 17.7. The second-order valence-electron chi connectivity index (χ2n) is 3.41. The number of rotatable bonds is 2. The smallest absolute Gasteiger partial charge is 0.417 e. The fourth-order valence-corrected chi connectivity index (χ4v) is 1.55. The molecule has 0 saturated heterocycles. The Hall–Kier alpha value is -2.56. The monoisotopic (exact) mass is 228 g/mol. The first-order chi connectivity index (χ1) is 8.33. The minimum absolute atomic E-state index is 0.460. The predicted molar refractivity (Wildman–Crippen MR) is 61.1 cm³/mol. The Labute approximate surface area is 95.7 Å². The highest BCUT2D eigenvalue weighted by Gasteiger charge is 2.08. The fraction of sp³-hybridized carbons (Fsp3) is 0. The highest BCUT2D eigenvalue weighted by Crippen LogP contribution is 2.26. The topological polar surface area (TPSA) is 68.1 Å². The summed E-state index contributed by atoms with van der Waals surface area (Å²) in [6.45, 7) is 0. The highest BCUT2D eigenvalue weighted by molar-refractivity contribution is 5.79. The van der Waals surface area contributed by atoms with Crippen LogP contribution in [0.3, 0.4) is 0 Å². The number of para-hydroxylation sites is 1. The number of ether oxygens (including phenoxy) is 1. The summed E-state index contributed by atoms with van der Waals surface area (Å²) >= 11 is 0. The molecule has 0 amide bonds. The van der Waals surface area contributed by atoms with Gasteiger partial charge in [0.25, 0.3) is 0 Å². The molecule has 0 saturated carbocycles. The lowest BCUT2D eigenvalue weighted by Gasteiger charge is -2.03. The second kappa shape index (κ2) is 3.79. The number of hydrogen-bond acceptors (Lipinski definition) is 4. The van der Waals surface area contributed by atoms with Crippen molar-refractivity contribution in [3.63, 3.8) is 0 Å². The lowest BCUT2D eigenvalue weighted by Crippen LogP contribution is -1.94. The quantitative estimate of drug-likeness (QED) is 0.730. The maximum atomic E-state index is 11.1. The Morgan fingerprint density at radius 3 is 2.94 bits per heavy atom. The van der Waals surface area contributed by atoms with Crippen molar-refractivity contribution in [3.05, 3.63) is 53.1 Å². The molecule has 0 bridgehead atoms. The molecule has 0 spiro atoms. The number of oxazole rings is 1. The molecule has 0 aliphatic carbocycles. The normalized spacial score (nSPS) is 10.6. The summed E-state index contributed by atoms with van der Waals surface area (Å²) in [7, 11) is 0. The minimum Gasteiger partial charge on any atom is -0.437 e. The molecule has 17 heavy (non-hydrogen) atoms. The molecule has 2 aromatic heterocycles. The van der Waals surface area contributed by atoms with E-state index in [1.807, 2.05) is 6.07 Å². The molecular weight excluding hydrogens is 220 g/mol. The summed E-state index contributed by atoms with van der Waals surface area (Å²) in [5.41, 5.74) is 0.992. The average molecular weight is 228 g/mol. The number of fused-ring (bicyclic) bond motifs is 1. The first-order valence-corrected chi connectivity index (χ1v) is 5.04. The van der Waals surface area contributed by atoms with E-state index < -0.39 is 5.76 Å². The minimum atomic E-state index is -0.503. The SMILES string of the molecule is O=c1[nH]c2c(Oc3ccccn3)cccc2o1. The summed E-state index contributed by atoms with van der Waals surface area (Å²) in [5.74, 6) is 0.464. The molecule has 0 radical (unpaired) electrons. The van der Waals surface area contributed by atoms with Crippen LogP contribution in [-0.2, 0) is 0 Å². The van der Waals surface area contributed by atoms with Crippen LogP contribution < -0.4 is 10.5 Å². The third-order valence-corrected chi connectivity index (χ3v) is 2.27. The van der Waals surface area contributed by atoms with E-state index in [9.17, 15) is 4.79 Å². The number of hydrogen-bond donors (Lipinski definition) is 1. The van der Waals surface area contributed by atoms with Crippen LogP contribution in [0.15, 0.2) is 51.8 Å². The van der Waals surface area contributed by atoms with Crippen LogP contribution in [0.25, 0.3) is 11.1 Å². The highest BCUT2D eigenvalue weighted by atomic mass is 16.5. The van der Waals surface area contributed by atoms with Gasteiger partial charge in [-0.2, -0.15) is 0 Å². The van der Waals surface area contributed by atoms with Crippen molar-refractivity contribution in [2.24, 2.45) is 0 Å².